The van der Waals surface area contributed by atoms with Crippen LogP contribution in [0.2, 0.25) is 0 Å². The van der Waals surface area contributed by atoms with Crippen LogP contribution >= 0.6 is 0 Å². The second-order valence-electron chi connectivity index (χ2n) is 7.40. The molecule has 2 aromatic heterocycles. The number of rotatable bonds is 5. The molecular formula is C23H22N4O2. The molecule has 0 saturated carbocycles. The maximum atomic E-state index is 5.57. The molecular weight excluding hydrogens is 364 g/mol. The molecule has 0 N–H and O–H groups in total. The molecule has 0 amide bonds. The standard InChI is InChI=1S/C23H22N4O2/c1-28-20-9-10-21-17(13-20)7-8-19(24-21)15-27-12-11-18(14-27)23-25-22(26-29-23)16-5-3-2-4-6-16/h2-10,13,18H,11-12,14-15H2,1H3. The normalized spacial score (nSPS) is 17.1. The summed E-state index contributed by atoms with van der Waals surface area (Å²) < 4.78 is 10.9. The first-order valence-corrected chi connectivity index (χ1v) is 9.83. The van der Waals surface area contributed by atoms with E-state index in [9.17, 15) is 0 Å². The zero-order valence-corrected chi connectivity index (χ0v) is 16.3. The van der Waals surface area contributed by atoms with Gasteiger partial charge in [0.15, 0.2) is 0 Å². The Kier molecular flexibility index (Phi) is 4.69. The summed E-state index contributed by atoms with van der Waals surface area (Å²) >= 11 is 0. The van der Waals surface area contributed by atoms with Crippen molar-refractivity contribution in [1.29, 1.82) is 0 Å². The lowest BCUT2D eigenvalue weighted by atomic mass is 10.1. The van der Waals surface area contributed by atoms with Crippen LogP contribution in [0.3, 0.4) is 0 Å². The Labute approximate surface area is 169 Å². The van der Waals surface area contributed by atoms with E-state index in [0.717, 1.165) is 59.9 Å². The van der Waals surface area contributed by atoms with Gasteiger partial charge in [0.1, 0.15) is 5.75 Å². The number of likely N-dealkylation sites (tertiary alicyclic amines) is 1. The van der Waals surface area contributed by atoms with E-state index in [0.29, 0.717) is 5.82 Å². The molecule has 6 nitrogen and oxygen atoms in total. The average molecular weight is 386 g/mol. The first-order valence-electron chi connectivity index (χ1n) is 9.83. The SMILES string of the molecule is COc1ccc2nc(CN3CCC(c4nc(-c5ccccc5)no4)C3)ccc2c1. The van der Waals surface area contributed by atoms with E-state index in [-0.39, 0.29) is 5.92 Å². The summed E-state index contributed by atoms with van der Waals surface area (Å²) in [6, 6.07) is 20.1. The van der Waals surface area contributed by atoms with Crippen molar-refractivity contribution in [3.63, 3.8) is 0 Å². The third kappa shape index (κ3) is 3.71. The van der Waals surface area contributed by atoms with Crippen LogP contribution in [0, 0.1) is 0 Å². The van der Waals surface area contributed by atoms with Crippen molar-refractivity contribution in [3.05, 3.63) is 72.2 Å². The van der Waals surface area contributed by atoms with Crippen molar-refractivity contribution < 1.29 is 9.26 Å². The van der Waals surface area contributed by atoms with Crippen molar-refractivity contribution in [1.82, 2.24) is 20.0 Å². The van der Waals surface area contributed by atoms with Crippen LogP contribution in [0.4, 0.5) is 0 Å². The number of methoxy groups -OCH3 is 1. The Balaban J connectivity index is 1.27. The van der Waals surface area contributed by atoms with Gasteiger partial charge in [0.2, 0.25) is 11.7 Å². The molecule has 4 aromatic rings. The van der Waals surface area contributed by atoms with E-state index in [1.54, 1.807) is 7.11 Å². The first-order chi connectivity index (χ1) is 14.3. The Bertz CT molecular complexity index is 1130. The number of nitrogens with zero attached hydrogens (tertiary/aromatic N) is 4. The van der Waals surface area contributed by atoms with Crippen LogP contribution < -0.4 is 4.74 Å². The summed E-state index contributed by atoms with van der Waals surface area (Å²) in [5, 5.41) is 5.25. The number of aromatic nitrogens is 3. The summed E-state index contributed by atoms with van der Waals surface area (Å²) in [6.45, 7) is 2.72. The van der Waals surface area contributed by atoms with Crippen molar-refractivity contribution in [3.8, 4) is 17.1 Å². The smallest absolute Gasteiger partial charge is 0.231 e. The van der Waals surface area contributed by atoms with Crippen molar-refractivity contribution in [2.45, 2.75) is 18.9 Å². The molecule has 0 aliphatic carbocycles. The minimum atomic E-state index is 0.268. The van der Waals surface area contributed by atoms with Gasteiger partial charge in [0.25, 0.3) is 0 Å². The fraction of sp³-hybridized carbons (Fsp3) is 0.261. The minimum Gasteiger partial charge on any atom is -0.497 e. The molecule has 29 heavy (non-hydrogen) atoms. The summed E-state index contributed by atoms with van der Waals surface area (Å²) in [4.78, 5) is 11.8. The van der Waals surface area contributed by atoms with Gasteiger partial charge in [-0.3, -0.25) is 9.88 Å². The van der Waals surface area contributed by atoms with Crippen LogP contribution in [-0.2, 0) is 6.54 Å². The second-order valence-corrected chi connectivity index (χ2v) is 7.40. The maximum Gasteiger partial charge on any atom is 0.231 e. The fourth-order valence-corrected chi connectivity index (χ4v) is 3.87. The van der Waals surface area contributed by atoms with E-state index in [1.807, 2.05) is 48.5 Å². The van der Waals surface area contributed by atoms with Crippen molar-refractivity contribution in [2.24, 2.45) is 0 Å². The predicted molar refractivity (Wildman–Crippen MR) is 111 cm³/mol. The average Bonchev–Trinajstić information content (AvgIpc) is 3.44. The van der Waals surface area contributed by atoms with E-state index >= 15 is 0 Å². The highest BCUT2D eigenvalue weighted by Crippen LogP contribution is 2.29. The first kappa shape index (κ1) is 17.8. The number of fused-ring (bicyclic) bond motifs is 1. The van der Waals surface area contributed by atoms with Gasteiger partial charge in [-0.1, -0.05) is 41.6 Å². The zero-order valence-electron chi connectivity index (χ0n) is 16.3. The highest BCUT2D eigenvalue weighted by molar-refractivity contribution is 5.80. The van der Waals surface area contributed by atoms with Crippen LogP contribution in [0.1, 0.15) is 23.9 Å². The van der Waals surface area contributed by atoms with Gasteiger partial charge in [-0.05, 0) is 37.2 Å². The van der Waals surface area contributed by atoms with Crippen LogP contribution in [0.5, 0.6) is 5.75 Å². The lowest BCUT2D eigenvalue weighted by molar-refractivity contribution is 0.306. The maximum absolute atomic E-state index is 5.57. The predicted octanol–water partition coefficient (Wildman–Crippen LogP) is 4.28. The summed E-state index contributed by atoms with van der Waals surface area (Å²) in [5.74, 6) is 2.50. The van der Waals surface area contributed by atoms with Gasteiger partial charge in [0, 0.05) is 24.0 Å². The van der Waals surface area contributed by atoms with Crippen molar-refractivity contribution >= 4 is 10.9 Å². The lowest BCUT2D eigenvalue weighted by Gasteiger charge is -2.15. The molecule has 1 atom stereocenters. The Morgan fingerprint density at radius 2 is 1.97 bits per heavy atom. The fourth-order valence-electron chi connectivity index (χ4n) is 3.87. The van der Waals surface area contributed by atoms with Gasteiger partial charge < -0.3 is 9.26 Å². The molecule has 146 valence electrons. The van der Waals surface area contributed by atoms with E-state index in [4.69, 9.17) is 14.2 Å². The summed E-state index contributed by atoms with van der Waals surface area (Å²) in [7, 11) is 1.68. The van der Waals surface area contributed by atoms with Crippen LogP contribution in [-0.4, -0.2) is 40.2 Å². The molecule has 1 aliphatic rings. The molecule has 0 radical (unpaired) electrons. The monoisotopic (exact) mass is 386 g/mol. The Morgan fingerprint density at radius 3 is 2.83 bits per heavy atom. The van der Waals surface area contributed by atoms with E-state index < -0.39 is 0 Å². The van der Waals surface area contributed by atoms with E-state index in [2.05, 4.69) is 27.2 Å². The largest absolute Gasteiger partial charge is 0.497 e. The van der Waals surface area contributed by atoms with Crippen molar-refractivity contribution in [2.75, 3.05) is 20.2 Å². The van der Waals surface area contributed by atoms with Crippen LogP contribution in [0.25, 0.3) is 22.3 Å². The lowest BCUT2D eigenvalue weighted by Crippen LogP contribution is -2.20. The molecule has 1 aliphatic heterocycles. The highest BCUT2D eigenvalue weighted by atomic mass is 16.5. The van der Waals surface area contributed by atoms with Gasteiger partial charge in [-0.2, -0.15) is 4.98 Å². The number of ether oxygens (including phenoxy) is 1. The number of hydrogen-bond acceptors (Lipinski definition) is 6. The molecule has 1 saturated heterocycles. The molecule has 0 spiro atoms. The quantitative estimate of drug-likeness (QED) is 0.510. The number of pyridine rings is 1. The minimum absolute atomic E-state index is 0.268. The molecule has 3 heterocycles. The molecule has 1 unspecified atom stereocenters. The van der Waals surface area contributed by atoms with Gasteiger partial charge in [-0.15, -0.1) is 0 Å². The second kappa shape index (κ2) is 7.64. The third-order valence-electron chi connectivity index (χ3n) is 5.43. The Morgan fingerprint density at radius 1 is 1.07 bits per heavy atom. The third-order valence-corrected chi connectivity index (χ3v) is 5.43. The van der Waals surface area contributed by atoms with E-state index in [1.165, 1.54) is 0 Å². The number of benzene rings is 2. The molecule has 5 rings (SSSR count). The van der Waals surface area contributed by atoms with Gasteiger partial charge >= 0.3 is 0 Å². The summed E-state index contributed by atoms with van der Waals surface area (Å²) in [5.41, 5.74) is 3.04. The molecule has 2 aromatic carbocycles. The number of hydrogen-bond donors (Lipinski definition) is 0. The van der Waals surface area contributed by atoms with Gasteiger partial charge in [-0.25, -0.2) is 0 Å². The molecule has 6 heteroatoms. The Hall–Kier alpha value is -3.25. The van der Waals surface area contributed by atoms with Gasteiger partial charge in [0.05, 0.1) is 24.2 Å². The molecule has 0 bridgehead atoms. The zero-order chi connectivity index (χ0) is 19.6. The highest BCUT2D eigenvalue weighted by Gasteiger charge is 2.28. The topological polar surface area (TPSA) is 64.3 Å². The molecule has 1 fully saturated rings. The van der Waals surface area contributed by atoms with Crippen LogP contribution in [0.15, 0.2) is 65.2 Å². The summed E-state index contributed by atoms with van der Waals surface area (Å²) in [6.07, 6.45) is 1.02.